The number of para-hydroxylation sites is 1. The molecule has 1 aliphatic rings. The topological polar surface area (TPSA) is 44.5 Å². The van der Waals surface area contributed by atoms with Crippen LogP contribution in [-0.4, -0.2) is 13.2 Å². The maximum atomic E-state index is 6.60. The first-order chi connectivity index (χ1) is 10.2. The van der Waals surface area contributed by atoms with Gasteiger partial charge in [0.15, 0.2) is 0 Å². The van der Waals surface area contributed by atoms with Gasteiger partial charge < -0.3 is 15.2 Å². The van der Waals surface area contributed by atoms with Gasteiger partial charge in [-0.05, 0) is 24.3 Å². The fourth-order valence-corrected chi connectivity index (χ4v) is 3.03. The third kappa shape index (κ3) is 3.22. The zero-order chi connectivity index (χ0) is 14.7. The molecule has 110 valence electrons. The highest BCUT2D eigenvalue weighted by molar-refractivity contribution is 9.10. The summed E-state index contributed by atoms with van der Waals surface area (Å²) in [5, 5.41) is 0. The molecule has 1 heterocycles. The van der Waals surface area contributed by atoms with Crippen molar-refractivity contribution in [2.45, 2.75) is 18.4 Å². The van der Waals surface area contributed by atoms with E-state index in [2.05, 4.69) is 15.9 Å². The largest absolute Gasteiger partial charge is 0.493 e. The summed E-state index contributed by atoms with van der Waals surface area (Å²) >= 11 is 3.44. The minimum Gasteiger partial charge on any atom is -0.493 e. The summed E-state index contributed by atoms with van der Waals surface area (Å²) in [4.78, 5) is 0. The van der Waals surface area contributed by atoms with E-state index in [9.17, 15) is 0 Å². The Morgan fingerprint density at radius 3 is 2.90 bits per heavy atom. The SMILES string of the molecule is NC1(CCOc2cccc(Br)c2)CCOc2ccccc21. The lowest BCUT2D eigenvalue weighted by Crippen LogP contribution is -2.42. The molecular weight excluding hydrogens is 330 g/mol. The average molecular weight is 348 g/mol. The molecule has 0 bridgehead atoms. The van der Waals surface area contributed by atoms with Crippen LogP contribution >= 0.6 is 15.9 Å². The van der Waals surface area contributed by atoms with Gasteiger partial charge in [0.05, 0.1) is 18.8 Å². The molecule has 0 radical (unpaired) electrons. The summed E-state index contributed by atoms with van der Waals surface area (Å²) in [5.74, 6) is 1.75. The number of fused-ring (bicyclic) bond motifs is 1. The van der Waals surface area contributed by atoms with Crippen LogP contribution in [0, 0.1) is 0 Å². The predicted molar refractivity (Wildman–Crippen MR) is 86.7 cm³/mol. The molecule has 2 N–H and O–H groups in total. The molecule has 0 spiro atoms. The van der Waals surface area contributed by atoms with Crippen LogP contribution in [0.25, 0.3) is 0 Å². The van der Waals surface area contributed by atoms with E-state index >= 15 is 0 Å². The lowest BCUT2D eigenvalue weighted by atomic mass is 9.83. The highest BCUT2D eigenvalue weighted by atomic mass is 79.9. The summed E-state index contributed by atoms with van der Waals surface area (Å²) < 4.78 is 12.5. The van der Waals surface area contributed by atoms with Gasteiger partial charge in [-0.15, -0.1) is 0 Å². The lowest BCUT2D eigenvalue weighted by Gasteiger charge is -2.35. The van der Waals surface area contributed by atoms with Crippen molar-refractivity contribution in [2.75, 3.05) is 13.2 Å². The van der Waals surface area contributed by atoms with Crippen LogP contribution in [0.4, 0.5) is 0 Å². The predicted octanol–water partition coefficient (Wildman–Crippen LogP) is 3.85. The Labute approximate surface area is 133 Å². The molecule has 21 heavy (non-hydrogen) atoms. The van der Waals surface area contributed by atoms with Crippen molar-refractivity contribution < 1.29 is 9.47 Å². The van der Waals surface area contributed by atoms with Crippen molar-refractivity contribution in [2.24, 2.45) is 5.73 Å². The summed E-state index contributed by atoms with van der Waals surface area (Å²) in [6.45, 7) is 1.24. The van der Waals surface area contributed by atoms with E-state index < -0.39 is 0 Å². The number of hydrogen-bond acceptors (Lipinski definition) is 3. The standard InChI is InChI=1S/C17H18BrNO2/c18-13-4-3-5-14(12-13)20-10-8-17(19)9-11-21-16-7-2-1-6-15(16)17/h1-7,12H,8-11,19H2. The van der Waals surface area contributed by atoms with Gasteiger partial charge in [0.1, 0.15) is 11.5 Å². The second kappa shape index (κ2) is 6.08. The number of rotatable bonds is 4. The zero-order valence-electron chi connectivity index (χ0n) is 11.7. The van der Waals surface area contributed by atoms with E-state index in [4.69, 9.17) is 15.2 Å². The van der Waals surface area contributed by atoms with Gasteiger partial charge in [-0.1, -0.05) is 40.2 Å². The third-order valence-corrected chi connectivity index (χ3v) is 4.34. The highest BCUT2D eigenvalue weighted by Crippen LogP contribution is 2.37. The van der Waals surface area contributed by atoms with Crippen LogP contribution in [0.2, 0.25) is 0 Å². The van der Waals surface area contributed by atoms with E-state index in [0.29, 0.717) is 13.2 Å². The van der Waals surface area contributed by atoms with Crippen LogP contribution in [0.3, 0.4) is 0 Å². The van der Waals surface area contributed by atoms with Crippen molar-refractivity contribution >= 4 is 15.9 Å². The van der Waals surface area contributed by atoms with Crippen molar-refractivity contribution in [1.82, 2.24) is 0 Å². The molecule has 0 saturated carbocycles. The Kier molecular flexibility index (Phi) is 4.17. The second-order valence-electron chi connectivity index (χ2n) is 5.31. The van der Waals surface area contributed by atoms with Gasteiger partial charge in [-0.3, -0.25) is 0 Å². The zero-order valence-corrected chi connectivity index (χ0v) is 13.3. The molecule has 0 saturated heterocycles. The molecule has 3 rings (SSSR count). The van der Waals surface area contributed by atoms with Gasteiger partial charge in [0.25, 0.3) is 0 Å². The summed E-state index contributed by atoms with van der Waals surface area (Å²) in [7, 11) is 0. The summed E-state index contributed by atoms with van der Waals surface area (Å²) in [6.07, 6.45) is 1.58. The van der Waals surface area contributed by atoms with E-state index in [1.54, 1.807) is 0 Å². The van der Waals surface area contributed by atoms with Gasteiger partial charge in [0.2, 0.25) is 0 Å². The van der Waals surface area contributed by atoms with Crippen molar-refractivity contribution in [1.29, 1.82) is 0 Å². The highest BCUT2D eigenvalue weighted by Gasteiger charge is 2.33. The quantitative estimate of drug-likeness (QED) is 0.913. The number of benzene rings is 2. The van der Waals surface area contributed by atoms with E-state index in [-0.39, 0.29) is 5.54 Å². The van der Waals surface area contributed by atoms with Crippen LogP contribution in [0.1, 0.15) is 18.4 Å². The first-order valence-corrected chi connectivity index (χ1v) is 7.86. The Morgan fingerprint density at radius 2 is 2.05 bits per heavy atom. The Balaban J connectivity index is 1.68. The van der Waals surface area contributed by atoms with Crippen LogP contribution < -0.4 is 15.2 Å². The molecule has 3 nitrogen and oxygen atoms in total. The smallest absolute Gasteiger partial charge is 0.124 e. The average Bonchev–Trinajstić information content (AvgIpc) is 2.48. The molecule has 1 atom stereocenters. The molecule has 2 aromatic rings. The lowest BCUT2D eigenvalue weighted by molar-refractivity contribution is 0.182. The maximum absolute atomic E-state index is 6.60. The number of hydrogen-bond donors (Lipinski definition) is 1. The van der Waals surface area contributed by atoms with E-state index in [1.807, 2.05) is 48.5 Å². The van der Waals surface area contributed by atoms with Gasteiger partial charge >= 0.3 is 0 Å². The molecule has 4 heteroatoms. The molecular formula is C17H18BrNO2. The Bertz CT molecular complexity index is 632. The van der Waals surface area contributed by atoms with Gasteiger partial charge in [-0.25, -0.2) is 0 Å². The molecule has 0 aliphatic carbocycles. The maximum Gasteiger partial charge on any atom is 0.124 e. The molecule has 1 unspecified atom stereocenters. The fourth-order valence-electron chi connectivity index (χ4n) is 2.65. The third-order valence-electron chi connectivity index (χ3n) is 3.84. The van der Waals surface area contributed by atoms with Crippen molar-refractivity contribution in [3.63, 3.8) is 0 Å². The minimum atomic E-state index is -0.374. The first kappa shape index (κ1) is 14.4. The number of halogens is 1. The van der Waals surface area contributed by atoms with E-state index in [1.165, 1.54) is 0 Å². The van der Waals surface area contributed by atoms with Crippen LogP contribution in [0.15, 0.2) is 53.0 Å². The Hall–Kier alpha value is -1.52. The molecule has 0 amide bonds. The molecule has 2 aromatic carbocycles. The first-order valence-electron chi connectivity index (χ1n) is 7.07. The van der Waals surface area contributed by atoms with Crippen LogP contribution in [-0.2, 0) is 5.54 Å². The monoisotopic (exact) mass is 347 g/mol. The minimum absolute atomic E-state index is 0.374. The molecule has 0 aromatic heterocycles. The van der Waals surface area contributed by atoms with Gasteiger partial charge in [0, 0.05) is 22.9 Å². The van der Waals surface area contributed by atoms with Crippen LogP contribution in [0.5, 0.6) is 11.5 Å². The number of ether oxygens (including phenoxy) is 2. The van der Waals surface area contributed by atoms with Crippen molar-refractivity contribution in [3.05, 3.63) is 58.6 Å². The molecule has 0 fully saturated rings. The van der Waals surface area contributed by atoms with Gasteiger partial charge in [-0.2, -0.15) is 0 Å². The molecule has 1 aliphatic heterocycles. The summed E-state index contributed by atoms with van der Waals surface area (Å²) in [6, 6.07) is 15.9. The second-order valence-corrected chi connectivity index (χ2v) is 6.22. The number of nitrogens with two attached hydrogens (primary N) is 1. The normalized spacial score (nSPS) is 20.5. The summed E-state index contributed by atoms with van der Waals surface area (Å²) in [5.41, 5.74) is 7.30. The van der Waals surface area contributed by atoms with E-state index in [0.717, 1.165) is 34.4 Å². The fraction of sp³-hybridized carbons (Fsp3) is 0.294. The Morgan fingerprint density at radius 1 is 1.19 bits per heavy atom. The van der Waals surface area contributed by atoms with Crippen molar-refractivity contribution in [3.8, 4) is 11.5 Å².